The quantitative estimate of drug-likeness (QED) is 0.129. The maximum atomic E-state index is 13.1. The first-order valence-corrected chi connectivity index (χ1v) is 15.4. The van der Waals surface area contributed by atoms with Crippen molar-refractivity contribution >= 4 is 22.8 Å². The van der Waals surface area contributed by atoms with Gasteiger partial charge in [-0.05, 0) is 79.8 Å². The van der Waals surface area contributed by atoms with Gasteiger partial charge in [-0.25, -0.2) is 0 Å². The van der Waals surface area contributed by atoms with E-state index in [9.17, 15) is 24.6 Å². The van der Waals surface area contributed by atoms with Crippen molar-refractivity contribution in [3.63, 3.8) is 0 Å². The number of esters is 1. The van der Waals surface area contributed by atoms with Crippen molar-refractivity contribution in [3.8, 4) is 11.5 Å². The molecular weight excluding hydrogens is 574 g/mol. The number of hydrogen-bond acceptors (Lipinski definition) is 8. The number of benzene rings is 3. The highest BCUT2D eigenvalue weighted by Gasteiger charge is 2.29. The van der Waals surface area contributed by atoms with Gasteiger partial charge in [0, 0.05) is 36.7 Å². The monoisotopic (exact) mass is 613 g/mol. The number of para-hydroxylation sites is 1. The van der Waals surface area contributed by atoms with Crippen molar-refractivity contribution in [3.05, 3.63) is 106 Å². The number of hydrogen-bond donors (Lipinski definition) is 4. The third-order valence-electron chi connectivity index (χ3n) is 8.03. The molecule has 0 saturated carbocycles. The molecule has 1 atom stereocenters. The molecule has 1 fully saturated rings. The molecule has 4 aromatic rings. The molecule has 0 aliphatic carbocycles. The van der Waals surface area contributed by atoms with Crippen LogP contribution in [0.25, 0.3) is 10.9 Å². The van der Waals surface area contributed by atoms with E-state index in [4.69, 9.17) is 9.47 Å². The van der Waals surface area contributed by atoms with Crippen LogP contribution in [0.2, 0.25) is 0 Å². The SMILES string of the molecule is O=C(OCCCCNCC(O)c1ccc(O)c2[nH]c(=O)ccc12)C1CCN(C(=O)c2cccc(COc3ccccc3)c2)CC1. The number of unbranched alkanes of at least 4 members (excludes halogenated alkanes) is 1. The van der Waals surface area contributed by atoms with E-state index in [1.807, 2.05) is 54.6 Å². The molecular formula is C35H39N3O7. The number of nitrogens with one attached hydrogen (secondary N) is 2. The van der Waals surface area contributed by atoms with Gasteiger partial charge in [-0.1, -0.05) is 36.4 Å². The molecule has 5 rings (SSSR count). The summed E-state index contributed by atoms with van der Waals surface area (Å²) in [5, 5.41) is 24.5. The predicted molar refractivity (Wildman–Crippen MR) is 170 cm³/mol. The topological polar surface area (TPSA) is 141 Å². The number of aromatic hydroxyl groups is 1. The molecule has 0 spiro atoms. The summed E-state index contributed by atoms with van der Waals surface area (Å²) in [7, 11) is 0. The van der Waals surface area contributed by atoms with Crippen LogP contribution in [-0.4, -0.2) is 64.8 Å². The van der Waals surface area contributed by atoms with E-state index in [0.717, 1.165) is 17.7 Å². The molecule has 2 heterocycles. The van der Waals surface area contributed by atoms with Crippen molar-refractivity contribution in [1.82, 2.24) is 15.2 Å². The molecule has 4 N–H and O–H groups in total. The van der Waals surface area contributed by atoms with E-state index in [-0.39, 0.29) is 29.1 Å². The second-order valence-electron chi connectivity index (χ2n) is 11.2. The highest BCUT2D eigenvalue weighted by molar-refractivity contribution is 5.94. The Morgan fingerprint density at radius 2 is 1.78 bits per heavy atom. The molecule has 1 unspecified atom stereocenters. The number of piperidine rings is 1. The van der Waals surface area contributed by atoms with Crippen molar-refractivity contribution in [2.24, 2.45) is 5.92 Å². The van der Waals surface area contributed by atoms with E-state index >= 15 is 0 Å². The number of aliphatic hydroxyl groups is 1. The second-order valence-corrected chi connectivity index (χ2v) is 11.2. The summed E-state index contributed by atoms with van der Waals surface area (Å²) in [5.74, 6) is 0.240. The fourth-order valence-corrected chi connectivity index (χ4v) is 5.52. The molecule has 1 aromatic heterocycles. The highest BCUT2D eigenvalue weighted by atomic mass is 16.5. The van der Waals surface area contributed by atoms with Crippen molar-refractivity contribution in [1.29, 1.82) is 0 Å². The Labute approximate surface area is 261 Å². The number of nitrogens with zero attached hydrogens (tertiary/aromatic N) is 1. The first-order valence-electron chi connectivity index (χ1n) is 15.4. The lowest BCUT2D eigenvalue weighted by Crippen LogP contribution is -2.40. The Kier molecular flexibility index (Phi) is 10.8. The number of carbonyl (C=O) groups is 2. The van der Waals surface area contributed by atoms with Crippen LogP contribution < -0.4 is 15.6 Å². The van der Waals surface area contributed by atoms with Gasteiger partial charge in [0.1, 0.15) is 18.1 Å². The number of aromatic nitrogens is 1. The second kappa shape index (κ2) is 15.4. The van der Waals surface area contributed by atoms with Crippen LogP contribution in [0.5, 0.6) is 11.5 Å². The number of aromatic amines is 1. The van der Waals surface area contributed by atoms with Gasteiger partial charge in [-0.3, -0.25) is 14.4 Å². The minimum absolute atomic E-state index is 0.0467. The molecule has 45 heavy (non-hydrogen) atoms. The number of ether oxygens (including phenoxy) is 2. The Hall–Kier alpha value is -4.67. The van der Waals surface area contributed by atoms with Gasteiger partial charge in [0.2, 0.25) is 5.56 Å². The number of fused-ring (bicyclic) bond motifs is 1. The average Bonchev–Trinajstić information content (AvgIpc) is 3.07. The Morgan fingerprint density at radius 1 is 0.978 bits per heavy atom. The number of pyridine rings is 1. The summed E-state index contributed by atoms with van der Waals surface area (Å²) in [6.07, 6.45) is 1.75. The van der Waals surface area contributed by atoms with Crippen LogP contribution in [0.15, 0.2) is 83.7 Å². The van der Waals surface area contributed by atoms with E-state index in [0.29, 0.717) is 80.7 Å². The zero-order valence-electron chi connectivity index (χ0n) is 25.1. The van der Waals surface area contributed by atoms with Gasteiger partial charge in [-0.2, -0.15) is 0 Å². The number of amides is 1. The van der Waals surface area contributed by atoms with E-state index in [2.05, 4.69) is 10.3 Å². The van der Waals surface area contributed by atoms with E-state index in [1.54, 1.807) is 17.0 Å². The van der Waals surface area contributed by atoms with Gasteiger partial charge < -0.3 is 34.9 Å². The van der Waals surface area contributed by atoms with Crippen LogP contribution in [0.3, 0.4) is 0 Å². The van der Waals surface area contributed by atoms with E-state index < -0.39 is 6.10 Å². The van der Waals surface area contributed by atoms with Crippen LogP contribution in [0.1, 0.15) is 53.3 Å². The summed E-state index contributed by atoms with van der Waals surface area (Å²) < 4.78 is 11.3. The molecule has 1 aliphatic heterocycles. The van der Waals surface area contributed by atoms with Crippen molar-refractivity contribution < 1.29 is 29.3 Å². The number of phenolic OH excluding ortho intramolecular Hbond substituents is 1. The molecule has 10 nitrogen and oxygen atoms in total. The third kappa shape index (κ3) is 8.49. The number of carbonyl (C=O) groups excluding carboxylic acids is 2. The van der Waals surface area contributed by atoms with Gasteiger partial charge in [0.05, 0.1) is 24.1 Å². The number of likely N-dealkylation sites (tertiary alicyclic amines) is 1. The summed E-state index contributed by atoms with van der Waals surface area (Å²) in [6.45, 7) is 2.61. The lowest BCUT2D eigenvalue weighted by atomic mass is 9.96. The molecule has 0 radical (unpaired) electrons. The maximum absolute atomic E-state index is 13.1. The van der Waals surface area contributed by atoms with Crippen LogP contribution >= 0.6 is 0 Å². The third-order valence-corrected chi connectivity index (χ3v) is 8.03. The average molecular weight is 614 g/mol. The number of aliphatic hydroxyl groups excluding tert-OH is 1. The van der Waals surface area contributed by atoms with Gasteiger partial charge in [0.25, 0.3) is 5.91 Å². The molecule has 1 saturated heterocycles. The Balaban J connectivity index is 0.972. The van der Waals surface area contributed by atoms with E-state index in [1.165, 1.54) is 12.1 Å². The van der Waals surface area contributed by atoms with Gasteiger partial charge in [0.15, 0.2) is 0 Å². The molecule has 1 amide bonds. The normalized spacial score (nSPS) is 14.3. The summed E-state index contributed by atoms with van der Waals surface area (Å²) in [4.78, 5) is 41.8. The fraction of sp³-hybridized carbons (Fsp3) is 0.343. The largest absolute Gasteiger partial charge is 0.506 e. The number of rotatable bonds is 13. The smallest absolute Gasteiger partial charge is 0.309 e. The lowest BCUT2D eigenvalue weighted by molar-refractivity contribution is -0.150. The van der Waals surface area contributed by atoms with Crippen molar-refractivity contribution in [2.75, 3.05) is 32.8 Å². The van der Waals surface area contributed by atoms with Crippen molar-refractivity contribution in [2.45, 2.75) is 38.4 Å². The highest BCUT2D eigenvalue weighted by Crippen LogP contribution is 2.28. The lowest BCUT2D eigenvalue weighted by Gasteiger charge is -2.31. The standard InChI is InChI=1S/C35H39N3O7/c39-30-13-11-28(29-12-14-32(41)37-33(29)30)31(40)22-36-17-4-5-20-44-35(43)25-15-18-38(19-16-25)34(42)26-8-6-7-24(21-26)23-45-27-9-2-1-3-10-27/h1-3,6-14,21,25,31,36,39-40H,4-5,15-20,22-23H2,(H,37,41). The first kappa shape index (κ1) is 31.7. The van der Waals surface area contributed by atoms with Crippen LogP contribution in [0.4, 0.5) is 0 Å². The fourth-order valence-electron chi connectivity index (χ4n) is 5.52. The zero-order valence-corrected chi connectivity index (χ0v) is 25.1. The molecule has 1 aliphatic rings. The summed E-state index contributed by atoms with van der Waals surface area (Å²) in [6, 6.07) is 23.1. The predicted octanol–water partition coefficient (Wildman–Crippen LogP) is 4.31. The van der Waals surface area contributed by atoms with Crippen LogP contribution in [0, 0.1) is 5.92 Å². The summed E-state index contributed by atoms with van der Waals surface area (Å²) >= 11 is 0. The Bertz CT molecular complexity index is 1650. The number of phenols is 1. The van der Waals surface area contributed by atoms with Gasteiger partial charge >= 0.3 is 5.97 Å². The first-order chi connectivity index (χ1) is 21.9. The molecule has 10 heteroatoms. The number of H-pyrrole nitrogens is 1. The maximum Gasteiger partial charge on any atom is 0.309 e. The summed E-state index contributed by atoms with van der Waals surface area (Å²) in [5.41, 5.74) is 2.11. The zero-order chi connectivity index (χ0) is 31.6. The Morgan fingerprint density at radius 3 is 2.58 bits per heavy atom. The minimum atomic E-state index is -0.827. The molecule has 3 aromatic carbocycles. The minimum Gasteiger partial charge on any atom is -0.506 e. The molecule has 0 bridgehead atoms. The van der Waals surface area contributed by atoms with Crippen LogP contribution in [-0.2, 0) is 16.1 Å². The molecule has 236 valence electrons. The van der Waals surface area contributed by atoms with Gasteiger partial charge in [-0.15, -0.1) is 0 Å².